The van der Waals surface area contributed by atoms with E-state index in [2.05, 4.69) is 9.97 Å². The molecule has 0 bridgehead atoms. The molecule has 0 saturated carbocycles. The van der Waals surface area contributed by atoms with Gasteiger partial charge in [-0.15, -0.1) is 0 Å². The summed E-state index contributed by atoms with van der Waals surface area (Å²) in [5.74, 6) is -2.38. The topological polar surface area (TPSA) is 153 Å². The summed E-state index contributed by atoms with van der Waals surface area (Å²) < 4.78 is 42.2. The fourth-order valence-corrected chi connectivity index (χ4v) is 4.65. The molecule has 2 aromatic heterocycles. The minimum atomic E-state index is -1.13. The molecule has 3 N–H and O–H groups in total. The molecule has 2 heterocycles. The van der Waals surface area contributed by atoms with Gasteiger partial charge >= 0.3 is 5.97 Å². The molecule has 44 heavy (non-hydrogen) atoms. The highest BCUT2D eigenvalue weighted by Crippen LogP contribution is 2.26. The lowest BCUT2D eigenvalue weighted by Crippen LogP contribution is -2.34. The van der Waals surface area contributed by atoms with Crippen LogP contribution >= 0.6 is 0 Å². The average molecular weight is 598 g/mol. The van der Waals surface area contributed by atoms with E-state index in [0.29, 0.717) is 33.7 Å². The Morgan fingerprint density at radius 2 is 1.80 bits per heavy atom. The van der Waals surface area contributed by atoms with E-state index in [1.807, 2.05) is 6.07 Å². The van der Waals surface area contributed by atoms with Gasteiger partial charge in [-0.3, -0.25) is 4.79 Å². The van der Waals surface area contributed by atoms with Crippen LogP contribution in [0, 0.1) is 23.0 Å². The summed E-state index contributed by atoms with van der Waals surface area (Å²) in [6, 6.07) is 19.9. The Morgan fingerprint density at radius 3 is 2.48 bits per heavy atom. The number of aromatic nitrogens is 3. The molecule has 0 unspecified atom stereocenters. The lowest BCUT2D eigenvalue weighted by atomic mass is 10.1. The van der Waals surface area contributed by atoms with Gasteiger partial charge in [0.15, 0.2) is 6.10 Å². The highest BCUT2D eigenvalue weighted by molar-refractivity contribution is 5.92. The Bertz CT molecular complexity index is 1930. The fraction of sp³-hybridized carbons (Fsp3) is 0.156. The Labute approximate surface area is 249 Å². The van der Waals surface area contributed by atoms with E-state index in [1.54, 1.807) is 41.0 Å². The number of imidazole rings is 1. The summed E-state index contributed by atoms with van der Waals surface area (Å²) >= 11 is 0. The zero-order valence-electron chi connectivity index (χ0n) is 23.3. The van der Waals surface area contributed by atoms with Crippen LogP contribution in [0.1, 0.15) is 32.9 Å². The van der Waals surface area contributed by atoms with Crippen LogP contribution in [0.4, 0.5) is 8.78 Å². The summed E-state index contributed by atoms with van der Waals surface area (Å²) in [5, 5.41) is 18.4. The maximum atomic E-state index is 15.5. The van der Waals surface area contributed by atoms with E-state index in [1.165, 1.54) is 37.4 Å². The van der Waals surface area contributed by atoms with Gasteiger partial charge in [-0.05, 0) is 48.0 Å². The van der Waals surface area contributed by atoms with E-state index in [9.17, 15) is 19.1 Å². The van der Waals surface area contributed by atoms with Gasteiger partial charge in [0.2, 0.25) is 11.8 Å². The van der Waals surface area contributed by atoms with E-state index >= 15 is 4.39 Å². The summed E-state index contributed by atoms with van der Waals surface area (Å²) in [7, 11) is 1.33. The number of carboxylic acid groups (broad SMARTS) is 1. The number of fused-ring (bicyclic) bond motifs is 1. The van der Waals surface area contributed by atoms with Crippen molar-refractivity contribution in [3.8, 4) is 23.2 Å². The molecular weight excluding hydrogens is 572 g/mol. The van der Waals surface area contributed by atoms with Crippen LogP contribution in [0.2, 0.25) is 0 Å². The van der Waals surface area contributed by atoms with Crippen molar-refractivity contribution in [2.75, 3.05) is 7.11 Å². The summed E-state index contributed by atoms with van der Waals surface area (Å²) in [5.41, 5.74) is 8.02. The van der Waals surface area contributed by atoms with Gasteiger partial charge in [-0.25, -0.2) is 23.5 Å². The second-order valence-electron chi connectivity index (χ2n) is 9.82. The van der Waals surface area contributed by atoms with Gasteiger partial charge < -0.3 is 24.9 Å². The summed E-state index contributed by atoms with van der Waals surface area (Å²) in [6.07, 6.45) is -1.01. The van der Waals surface area contributed by atoms with Crippen LogP contribution in [0.3, 0.4) is 0 Å². The van der Waals surface area contributed by atoms with Crippen molar-refractivity contribution >= 4 is 22.9 Å². The lowest BCUT2D eigenvalue weighted by molar-refractivity contribution is -0.128. The molecule has 5 rings (SSSR count). The normalized spacial score (nSPS) is 11.7. The number of benzene rings is 3. The van der Waals surface area contributed by atoms with Gasteiger partial charge in [0.05, 0.1) is 40.5 Å². The third-order valence-electron chi connectivity index (χ3n) is 7.00. The first-order valence-corrected chi connectivity index (χ1v) is 13.3. The minimum Gasteiger partial charge on any atom is -0.478 e. The molecule has 222 valence electrons. The number of nitrogens with zero attached hydrogens (tertiary/aromatic N) is 4. The third kappa shape index (κ3) is 6.38. The Balaban J connectivity index is 1.40. The number of halogens is 2. The van der Waals surface area contributed by atoms with Crippen LogP contribution in [0.15, 0.2) is 72.8 Å². The number of carboxylic acids is 1. The average Bonchev–Trinajstić information content (AvgIpc) is 3.35. The second kappa shape index (κ2) is 12.7. The Morgan fingerprint density at radius 1 is 1.02 bits per heavy atom. The number of pyridine rings is 1. The molecule has 1 amide bonds. The fourth-order valence-electron chi connectivity index (χ4n) is 4.65. The van der Waals surface area contributed by atoms with E-state index in [0.717, 1.165) is 6.07 Å². The van der Waals surface area contributed by atoms with Gasteiger partial charge in [0.25, 0.3) is 0 Å². The molecule has 0 radical (unpaired) electrons. The minimum absolute atomic E-state index is 0.0190. The number of carbonyl (C=O) groups excluding carboxylic acids is 1. The van der Waals surface area contributed by atoms with Crippen LogP contribution < -0.4 is 10.5 Å². The molecule has 0 aliphatic rings. The number of ether oxygens (including phenoxy) is 2. The zero-order chi connectivity index (χ0) is 31.4. The van der Waals surface area contributed by atoms with Crippen LogP contribution in [0.5, 0.6) is 5.88 Å². The molecule has 0 aliphatic heterocycles. The molecule has 0 fully saturated rings. The van der Waals surface area contributed by atoms with Crippen molar-refractivity contribution < 1.29 is 33.0 Å². The van der Waals surface area contributed by atoms with E-state index in [4.69, 9.17) is 20.5 Å². The number of nitriles is 1. The van der Waals surface area contributed by atoms with Crippen molar-refractivity contribution in [2.45, 2.75) is 25.7 Å². The molecule has 10 nitrogen and oxygen atoms in total. The quantitative estimate of drug-likeness (QED) is 0.224. The molecule has 0 spiro atoms. The van der Waals surface area contributed by atoms with Crippen LogP contribution in [-0.2, 0) is 29.1 Å². The number of aromatic carboxylic acids is 1. The molecule has 3 aromatic carbocycles. The first-order chi connectivity index (χ1) is 21.2. The monoisotopic (exact) mass is 597 g/mol. The number of primary amides is 1. The first kappa shape index (κ1) is 29.8. The number of hydrogen-bond acceptors (Lipinski definition) is 7. The Kier molecular flexibility index (Phi) is 8.59. The van der Waals surface area contributed by atoms with E-state index < -0.39 is 29.6 Å². The van der Waals surface area contributed by atoms with Crippen molar-refractivity contribution in [1.82, 2.24) is 14.5 Å². The van der Waals surface area contributed by atoms with Gasteiger partial charge in [0, 0.05) is 30.7 Å². The number of amides is 1. The van der Waals surface area contributed by atoms with Crippen molar-refractivity contribution in [3.63, 3.8) is 0 Å². The molecular formula is C32H25F2N5O5. The van der Waals surface area contributed by atoms with Crippen LogP contribution in [0.25, 0.3) is 22.3 Å². The predicted molar refractivity (Wildman–Crippen MR) is 155 cm³/mol. The van der Waals surface area contributed by atoms with Gasteiger partial charge in [0.1, 0.15) is 24.1 Å². The largest absolute Gasteiger partial charge is 0.478 e. The Hall–Kier alpha value is -5.67. The second-order valence-corrected chi connectivity index (χ2v) is 9.82. The highest BCUT2D eigenvalue weighted by Gasteiger charge is 2.21. The molecule has 5 aromatic rings. The molecule has 1 atom stereocenters. The maximum Gasteiger partial charge on any atom is 0.335 e. The summed E-state index contributed by atoms with van der Waals surface area (Å²) in [4.78, 5) is 32.5. The number of hydrogen-bond donors (Lipinski definition) is 2. The predicted octanol–water partition coefficient (Wildman–Crippen LogP) is 4.62. The standard InChI is InChI=1S/C32H25F2N5O5/c1-43-28(31(36)40)16-39-27-13-21(32(41)42)9-10-26(27)37-29(39)14-19-7-8-20(12-24(19)34)25-3-2-4-30(38-25)44-17-22-6-5-18(15-35)11-23(22)33/h2-13,28H,14,16-17H2,1H3,(H2,36,40)(H,41,42)/t28-/m0/s1. The van der Waals surface area contributed by atoms with Gasteiger partial charge in [-0.1, -0.05) is 24.3 Å². The zero-order valence-corrected chi connectivity index (χ0v) is 23.3. The first-order valence-electron chi connectivity index (χ1n) is 13.3. The SMILES string of the molecule is CO[C@@H](Cn1c(Cc2ccc(-c3cccc(OCc4ccc(C#N)cc4F)n3)cc2F)nc2ccc(C(=O)O)cc21)C(N)=O. The van der Waals surface area contributed by atoms with Crippen molar-refractivity contribution in [1.29, 1.82) is 5.26 Å². The number of methoxy groups -OCH3 is 1. The molecule has 0 aliphatic carbocycles. The molecule has 12 heteroatoms. The molecule has 0 saturated heterocycles. The third-order valence-corrected chi connectivity index (χ3v) is 7.00. The number of carbonyl (C=O) groups is 2. The van der Waals surface area contributed by atoms with Crippen molar-refractivity contribution in [3.05, 3.63) is 113 Å². The lowest BCUT2D eigenvalue weighted by Gasteiger charge is -2.16. The van der Waals surface area contributed by atoms with Gasteiger partial charge in [-0.2, -0.15) is 5.26 Å². The number of rotatable bonds is 11. The smallest absolute Gasteiger partial charge is 0.335 e. The van der Waals surface area contributed by atoms with E-state index in [-0.39, 0.29) is 42.1 Å². The van der Waals surface area contributed by atoms with Crippen molar-refractivity contribution in [2.24, 2.45) is 5.73 Å². The maximum absolute atomic E-state index is 15.5. The van der Waals surface area contributed by atoms with Crippen LogP contribution in [-0.4, -0.2) is 44.7 Å². The number of nitrogens with two attached hydrogens (primary N) is 1. The highest BCUT2D eigenvalue weighted by atomic mass is 19.1. The summed E-state index contributed by atoms with van der Waals surface area (Å²) in [6.45, 7) is -0.167.